The van der Waals surface area contributed by atoms with Crippen LogP contribution in [-0.4, -0.2) is 30.4 Å². The molecule has 6 rings (SSSR count). The lowest BCUT2D eigenvalue weighted by Gasteiger charge is -2.45. The molecule has 146 valence electrons. The molecule has 1 aromatic rings. The van der Waals surface area contributed by atoms with Crippen LogP contribution in [0.1, 0.15) is 64.0 Å². The van der Waals surface area contributed by atoms with Gasteiger partial charge in [-0.05, 0) is 91.5 Å². The largest absolute Gasteiger partial charge is 0.349 e. The molecule has 3 nitrogen and oxygen atoms in total. The number of halogens is 1. The predicted octanol–water partition coefficient (Wildman–Crippen LogP) is 4.03. The lowest BCUT2D eigenvalue weighted by molar-refractivity contribution is -0.119. The summed E-state index contributed by atoms with van der Waals surface area (Å²) in [6.45, 7) is 5.02. The Kier molecular flexibility index (Phi) is 3.27. The molecule has 27 heavy (non-hydrogen) atoms. The Labute approximate surface area is 162 Å². The highest BCUT2D eigenvalue weighted by Gasteiger charge is 2.70. The van der Waals surface area contributed by atoms with Crippen LogP contribution in [-0.2, 0) is 10.2 Å². The zero-order chi connectivity index (χ0) is 18.4. The van der Waals surface area contributed by atoms with Crippen molar-refractivity contribution < 1.29 is 10.6 Å². The number of nitrogens with one attached hydrogen (secondary N) is 1. The molecule has 1 N–H and O–H groups in total. The van der Waals surface area contributed by atoms with Crippen molar-refractivity contribution in [2.24, 2.45) is 23.2 Å². The maximum Gasteiger partial charge on any atom is 0.217 e. The SMILES string of the molecule is CC(=O)N[C@H]1CC2(CCN(CC3CC45CC4CCC35)C2)c2ccc(F)cc21.[HH]. The first-order valence-electron chi connectivity index (χ1n) is 10.8. The van der Waals surface area contributed by atoms with Crippen molar-refractivity contribution in [2.45, 2.75) is 56.9 Å². The van der Waals surface area contributed by atoms with Crippen molar-refractivity contribution in [3.8, 4) is 0 Å². The van der Waals surface area contributed by atoms with Crippen LogP contribution in [0, 0.1) is 29.0 Å². The van der Waals surface area contributed by atoms with Gasteiger partial charge in [0.2, 0.25) is 5.91 Å². The Hall–Kier alpha value is -1.42. The van der Waals surface area contributed by atoms with Crippen LogP contribution in [0.3, 0.4) is 0 Å². The molecule has 6 atom stereocenters. The van der Waals surface area contributed by atoms with Crippen molar-refractivity contribution in [3.05, 3.63) is 35.1 Å². The highest BCUT2D eigenvalue weighted by Crippen LogP contribution is 2.78. The van der Waals surface area contributed by atoms with E-state index >= 15 is 0 Å². The fourth-order valence-electron chi connectivity index (χ4n) is 7.80. The molecule has 0 radical (unpaired) electrons. The molecule has 1 aromatic carbocycles. The van der Waals surface area contributed by atoms with Crippen LogP contribution in [0.25, 0.3) is 0 Å². The first kappa shape index (κ1) is 16.5. The summed E-state index contributed by atoms with van der Waals surface area (Å²) in [6, 6.07) is 5.19. The fraction of sp³-hybridized carbons (Fsp3) is 0.696. The van der Waals surface area contributed by atoms with Gasteiger partial charge in [0.05, 0.1) is 6.04 Å². The van der Waals surface area contributed by atoms with Gasteiger partial charge in [0, 0.05) is 26.9 Å². The smallest absolute Gasteiger partial charge is 0.217 e. The number of hydrogen-bond acceptors (Lipinski definition) is 2. The average molecular weight is 371 g/mol. The summed E-state index contributed by atoms with van der Waals surface area (Å²) in [7, 11) is 0. The summed E-state index contributed by atoms with van der Waals surface area (Å²) in [6.07, 6.45) is 8.01. The summed E-state index contributed by atoms with van der Waals surface area (Å²) in [5.74, 6) is 2.78. The van der Waals surface area contributed by atoms with Crippen LogP contribution in [0.5, 0.6) is 0 Å². The van der Waals surface area contributed by atoms with E-state index in [4.69, 9.17) is 0 Å². The molecule has 1 saturated heterocycles. The van der Waals surface area contributed by atoms with Gasteiger partial charge in [0.15, 0.2) is 0 Å². The molecule has 0 bridgehead atoms. The van der Waals surface area contributed by atoms with E-state index in [1.165, 1.54) is 37.8 Å². The van der Waals surface area contributed by atoms with Gasteiger partial charge in [0.25, 0.3) is 0 Å². The molecular formula is C23H31FN2O. The lowest BCUT2D eigenvalue weighted by Crippen LogP contribution is -2.44. The zero-order valence-electron chi connectivity index (χ0n) is 16.1. The average Bonchev–Trinajstić information content (AvgIpc) is 2.93. The molecular weight excluding hydrogens is 339 g/mol. The van der Waals surface area contributed by atoms with Crippen LogP contribution in [0.4, 0.5) is 4.39 Å². The molecule has 4 fully saturated rings. The van der Waals surface area contributed by atoms with Crippen molar-refractivity contribution in [1.82, 2.24) is 10.2 Å². The number of benzene rings is 1. The minimum Gasteiger partial charge on any atom is -0.349 e. The number of carbonyl (C=O) groups excluding carboxylic acids is 1. The van der Waals surface area contributed by atoms with Crippen molar-refractivity contribution in [3.63, 3.8) is 0 Å². The second-order valence-corrected chi connectivity index (χ2v) is 10.2. The Morgan fingerprint density at radius 3 is 3.00 bits per heavy atom. The molecule has 0 aromatic heterocycles. The van der Waals surface area contributed by atoms with E-state index < -0.39 is 0 Å². The molecule has 1 aliphatic heterocycles. The Bertz CT molecular complexity index is 829. The van der Waals surface area contributed by atoms with Gasteiger partial charge in [-0.3, -0.25) is 4.79 Å². The van der Waals surface area contributed by atoms with Crippen LogP contribution in [0.15, 0.2) is 18.2 Å². The maximum absolute atomic E-state index is 13.9. The van der Waals surface area contributed by atoms with Gasteiger partial charge < -0.3 is 10.2 Å². The third-order valence-corrected chi connectivity index (χ3v) is 8.91. The number of rotatable bonds is 3. The molecule has 2 spiro atoms. The maximum atomic E-state index is 13.9. The van der Waals surface area contributed by atoms with Gasteiger partial charge in [0.1, 0.15) is 5.82 Å². The Balaban J connectivity index is 0.00000171. The van der Waals surface area contributed by atoms with Crippen molar-refractivity contribution >= 4 is 5.91 Å². The second kappa shape index (κ2) is 5.34. The molecule has 1 amide bonds. The number of amides is 1. The van der Waals surface area contributed by atoms with Crippen molar-refractivity contribution in [2.75, 3.05) is 19.6 Å². The second-order valence-electron chi connectivity index (χ2n) is 10.2. The third-order valence-electron chi connectivity index (χ3n) is 8.91. The summed E-state index contributed by atoms with van der Waals surface area (Å²) < 4.78 is 13.9. The Morgan fingerprint density at radius 2 is 2.22 bits per heavy atom. The van der Waals surface area contributed by atoms with E-state index in [0.717, 1.165) is 54.7 Å². The number of carbonyl (C=O) groups is 1. The van der Waals surface area contributed by atoms with E-state index in [0.29, 0.717) is 0 Å². The summed E-state index contributed by atoms with van der Waals surface area (Å²) >= 11 is 0. The molecule has 3 saturated carbocycles. The molecule has 5 unspecified atom stereocenters. The quantitative estimate of drug-likeness (QED) is 0.871. The highest BCUT2D eigenvalue weighted by molar-refractivity contribution is 5.74. The predicted molar refractivity (Wildman–Crippen MR) is 104 cm³/mol. The van der Waals surface area contributed by atoms with Gasteiger partial charge >= 0.3 is 0 Å². The summed E-state index contributed by atoms with van der Waals surface area (Å²) in [4.78, 5) is 14.4. The van der Waals surface area contributed by atoms with Crippen molar-refractivity contribution in [1.29, 1.82) is 0 Å². The third kappa shape index (κ3) is 2.25. The molecule has 1 heterocycles. The number of likely N-dealkylation sites (tertiary alicyclic amines) is 1. The number of hydrogen-bond donors (Lipinski definition) is 1. The minimum absolute atomic E-state index is 0. The van der Waals surface area contributed by atoms with Gasteiger partial charge in [-0.2, -0.15) is 0 Å². The standard InChI is InChI=1S/C23H29FN2O.H2/c1-14(27)25-21-11-22(20-5-3-17(24)8-18(20)21)6-7-26(13-22)12-15-9-23-10-16(23)2-4-19(15)23;/h3,5,8,15-16,19,21H,2,4,6-7,9-13H2,1H3,(H,25,27);1H/t15?,16?,19?,21-,22?,23?;/m0./s1. The molecule has 5 aliphatic rings. The van der Waals surface area contributed by atoms with Crippen LogP contribution < -0.4 is 5.32 Å². The van der Waals surface area contributed by atoms with Gasteiger partial charge in [-0.1, -0.05) is 6.07 Å². The normalized spacial score (nSPS) is 43.9. The Morgan fingerprint density at radius 1 is 1.33 bits per heavy atom. The highest BCUT2D eigenvalue weighted by atomic mass is 19.1. The summed E-state index contributed by atoms with van der Waals surface area (Å²) in [5.41, 5.74) is 3.18. The number of fused-ring (bicyclic) bond motifs is 2. The first-order chi connectivity index (χ1) is 13.0. The van der Waals surface area contributed by atoms with E-state index in [2.05, 4.69) is 10.2 Å². The fourth-order valence-corrected chi connectivity index (χ4v) is 7.80. The minimum atomic E-state index is -0.198. The lowest BCUT2D eigenvalue weighted by atomic mass is 9.62. The van der Waals surface area contributed by atoms with Crippen LogP contribution >= 0.6 is 0 Å². The van der Waals surface area contributed by atoms with Crippen LogP contribution in [0.2, 0.25) is 0 Å². The topological polar surface area (TPSA) is 32.3 Å². The monoisotopic (exact) mass is 370 g/mol. The number of nitrogens with zero attached hydrogens (tertiary/aromatic N) is 1. The summed E-state index contributed by atoms with van der Waals surface area (Å²) in [5, 5.41) is 3.07. The van der Waals surface area contributed by atoms with E-state index in [1.54, 1.807) is 19.1 Å². The van der Waals surface area contributed by atoms with Gasteiger partial charge in [-0.15, -0.1) is 0 Å². The molecule has 4 aliphatic carbocycles. The first-order valence-corrected chi connectivity index (χ1v) is 10.8. The van der Waals surface area contributed by atoms with Gasteiger partial charge in [-0.25, -0.2) is 4.39 Å². The zero-order valence-corrected chi connectivity index (χ0v) is 16.1. The molecule has 4 heteroatoms. The van der Waals surface area contributed by atoms with E-state index in [1.807, 2.05) is 6.07 Å². The van der Waals surface area contributed by atoms with E-state index in [-0.39, 0.29) is 24.6 Å². The van der Waals surface area contributed by atoms with E-state index in [9.17, 15) is 9.18 Å².